The fourth-order valence-electron chi connectivity index (χ4n) is 2.84. The molecule has 0 saturated heterocycles. The highest BCUT2D eigenvalue weighted by Gasteiger charge is 2.45. The first-order valence-corrected chi connectivity index (χ1v) is 5.84. The van der Waals surface area contributed by atoms with Crippen LogP contribution in [0.2, 0.25) is 0 Å². The highest BCUT2D eigenvalue weighted by molar-refractivity contribution is 4.97. The molecule has 2 rings (SSSR count). The van der Waals surface area contributed by atoms with Crippen LogP contribution in [0.15, 0.2) is 0 Å². The van der Waals surface area contributed by atoms with E-state index in [2.05, 4.69) is 13.8 Å². The van der Waals surface area contributed by atoms with E-state index in [0.29, 0.717) is 5.92 Å². The standard InChI is InChI=1S/C12H22O/c1-9(2)10-5-7-12(13,8-6-10)11-3-4-11/h9-11,13H,3-8H2,1-2H3. The largest absolute Gasteiger partial charge is 0.390 e. The molecule has 0 atom stereocenters. The molecule has 0 radical (unpaired) electrons. The summed E-state index contributed by atoms with van der Waals surface area (Å²) >= 11 is 0. The molecule has 1 N–H and O–H groups in total. The Morgan fingerprint density at radius 2 is 1.62 bits per heavy atom. The third-order valence-electron chi connectivity index (χ3n) is 4.18. The number of aliphatic hydroxyl groups is 1. The Kier molecular flexibility index (Phi) is 2.39. The van der Waals surface area contributed by atoms with Gasteiger partial charge in [0.1, 0.15) is 0 Å². The van der Waals surface area contributed by atoms with Crippen LogP contribution in [0.4, 0.5) is 0 Å². The summed E-state index contributed by atoms with van der Waals surface area (Å²) in [6.45, 7) is 4.62. The van der Waals surface area contributed by atoms with E-state index in [9.17, 15) is 5.11 Å². The molecule has 13 heavy (non-hydrogen) atoms. The first-order valence-electron chi connectivity index (χ1n) is 5.84. The normalized spacial score (nSPS) is 41.1. The van der Waals surface area contributed by atoms with E-state index in [1.54, 1.807) is 0 Å². The number of hydrogen-bond acceptors (Lipinski definition) is 1. The molecule has 0 unspecified atom stereocenters. The summed E-state index contributed by atoms with van der Waals surface area (Å²) in [5.41, 5.74) is -0.245. The van der Waals surface area contributed by atoms with Gasteiger partial charge in [0.05, 0.1) is 5.60 Å². The second-order valence-electron chi connectivity index (χ2n) is 5.46. The number of rotatable bonds is 2. The van der Waals surface area contributed by atoms with E-state index >= 15 is 0 Å². The average molecular weight is 182 g/mol. The quantitative estimate of drug-likeness (QED) is 0.696. The third-order valence-corrected chi connectivity index (χ3v) is 4.18. The zero-order valence-corrected chi connectivity index (χ0v) is 8.92. The molecule has 0 aromatic carbocycles. The molecule has 0 aliphatic heterocycles. The first-order chi connectivity index (χ1) is 6.12. The van der Waals surface area contributed by atoms with Gasteiger partial charge in [-0.25, -0.2) is 0 Å². The van der Waals surface area contributed by atoms with Gasteiger partial charge in [-0.15, -0.1) is 0 Å². The lowest BCUT2D eigenvalue weighted by Crippen LogP contribution is -2.37. The van der Waals surface area contributed by atoms with Crippen molar-refractivity contribution in [1.82, 2.24) is 0 Å². The van der Waals surface area contributed by atoms with Gasteiger partial charge >= 0.3 is 0 Å². The fraction of sp³-hybridized carbons (Fsp3) is 1.00. The minimum Gasteiger partial charge on any atom is -0.390 e. The smallest absolute Gasteiger partial charge is 0.0676 e. The third kappa shape index (κ3) is 1.90. The van der Waals surface area contributed by atoms with Crippen molar-refractivity contribution in [3.8, 4) is 0 Å². The van der Waals surface area contributed by atoms with Gasteiger partial charge in [0.25, 0.3) is 0 Å². The van der Waals surface area contributed by atoms with Crippen LogP contribution in [0.25, 0.3) is 0 Å². The molecule has 0 heterocycles. The minimum atomic E-state index is -0.245. The SMILES string of the molecule is CC(C)C1CCC(O)(C2CC2)CC1. The topological polar surface area (TPSA) is 20.2 Å². The van der Waals surface area contributed by atoms with Crippen molar-refractivity contribution < 1.29 is 5.11 Å². The molecular weight excluding hydrogens is 160 g/mol. The molecule has 2 aliphatic rings. The molecule has 0 amide bonds. The lowest BCUT2D eigenvalue weighted by Gasteiger charge is -2.37. The molecule has 2 saturated carbocycles. The molecule has 0 aromatic rings. The zero-order valence-electron chi connectivity index (χ0n) is 8.92. The number of hydrogen-bond donors (Lipinski definition) is 1. The van der Waals surface area contributed by atoms with Crippen LogP contribution in [-0.4, -0.2) is 10.7 Å². The molecule has 2 aliphatic carbocycles. The maximum atomic E-state index is 10.3. The molecule has 1 nitrogen and oxygen atoms in total. The summed E-state index contributed by atoms with van der Waals surface area (Å²) in [6, 6.07) is 0. The van der Waals surface area contributed by atoms with Crippen molar-refractivity contribution in [1.29, 1.82) is 0 Å². The predicted molar refractivity (Wildman–Crippen MR) is 54.5 cm³/mol. The summed E-state index contributed by atoms with van der Waals surface area (Å²) in [6.07, 6.45) is 7.21. The molecule has 76 valence electrons. The second kappa shape index (κ2) is 3.27. The summed E-state index contributed by atoms with van der Waals surface area (Å²) < 4.78 is 0. The van der Waals surface area contributed by atoms with Crippen LogP contribution < -0.4 is 0 Å². The second-order valence-corrected chi connectivity index (χ2v) is 5.46. The van der Waals surface area contributed by atoms with E-state index in [-0.39, 0.29) is 5.60 Å². The maximum Gasteiger partial charge on any atom is 0.0676 e. The Bertz CT molecular complexity index is 174. The Balaban J connectivity index is 1.87. The van der Waals surface area contributed by atoms with Crippen LogP contribution in [0, 0.1) is 17.8 Å². The van der Waals surface area contributed by atoms with E-state index in [1.165, 1.54) is 25.7 Å². The van der Waals surface area contributed by atoms with Crippen molar-refractivity contribution in [3.63, 3.8) is 0 Å². The van der Waals surface area contributed by atoms with Crippen LogP contribution in [-0.2, 0) is 0 Å². The van der Waals surface area contributed by atoms with Crippen LogP contribution >= 0.6 is 0 Å². The average Bonchev–Trinajstić information content (AvgIpc) is 2.87. The molecular formula is C12H22O. The van der Waals surface area contributed by atoms with E-state index in [1.807, 2.05) is 0 Å². The summed E-state index contributed by atoms with van der Waals surface area (Å²) in [7, 11) is 0. The summed E-state index contributed by atoms with van der Waals surface area (Å²) in [4.78, 5) is 0. The van der Waals surface area contributed by atoms with Crippen molar-refractivity contribution in [2.45, 2.75) is 58.0 Å². The molecule has 0 bridgehead atoms. The molecule has 1 heteroatoms. The highest BCUT2D eigenvalue weighted by atomic mass is 16.3. The Labute approximate surface area is 81.5 Å². The van der Waals surface area contributed by atoms with Gasteiger partial charge in [-0.1, -0.05) is 13.8 Å². The Morgan fingerprint density at radius 1 is 1.08 bits per heavy atom. The van der Waals surface area contributed by atoms with E-state index < -0.39 is 0 Å². The van der Waals surface area contributed by atoms with Gasteiger partial charge in [-0.3, -0.25) is 0 Å². The first kappa shape index (κ1) is 9.51. The molecule has 0 spiro atoms. The van der Waals surface area contributed by atoms with Gasteiger partial charge < -0.3 is 5.11 Å². The Hall–Kier alpha value is -0.0400. The van der Waals surface area contributed by atoms with Crippen molar-refractivity contribution in [2.75, 3.05) is 0 Å². The van der Waals surface area contributed by atoms with E-state index in [0.717, 1.165) is 24.7 Å². The molecule has 2 fully saturated rings. The van der Waals surface area contributed by atoms with Gasteiger partial charge in [0, 0.05) is 0 Å². The van der Waals surface area contributed by atoms with Crippen molar-refractivity contribution in [2.24, 2.45) is 17.8 Å². The lowest BCUT2D eigenvalue weighted by atomic mass is 9.73. The monoisotopic (exact) mass is 182 g/mol. The summed E-state index contributed by atoms with van der Waals surface area (Å²) in [5.74, 6) is 2.35. The van der Waals surface area contributed by atoms with Gasteiger partial charge in [-0.2, -0.15) is 0 Å². The van der Waals surface area contributed by atoms with Crippen LogP contribution in [0.5, 0.6) is 0 Å². The van der Waals surface area contributed by atoms with Gasteiger partial charge in [-0.05, 0) is 56.3 Å². The molecule has 0 aromatic heterocycles. The van der Waals surface area contributed by atoms with Crippen molar-refractivity contribution in [3.05, 3.63) is 0 Å². The Morgan fingerprint density at radius 3 is 2.00 bits per heavy atom. The minimum absolute atomic E-state index is 0.245. The zero-order chi connectivity index (χ0) is 9.47. The van der Waals surface area contributed by atoms with Crippen LogP contribution in [0.1, 0.15) is 52.4 Å². The van der Waals surface area contributed by atoms with Gasteiger partial charge in [0.15, 0.2) is 0 Å². The maximum absolute atomic E-state index is 10.3. The summed E-state index contributed by atoms with van der Waals surface area (Å²) in [5, 5.41) is 10.3. The fourth-order valence-corrected chi connectivity index (χ4v) is 2.84. The predicted octanol–water partition coefficient (Wildman–Crippen LogP) is 2.97. The van der Waals surface area contributed by atoms with E-state index in [4.69, 9.17) is 0 Å². The highest BCUT2D eigenvalue weighted by Crippen LogP contribution is 2.49. The lowest BCUT2D eigenvalue weighted by molar-refractivity contribution is -0.0339. The van der Waals surface area contributed by atoms with Crippen LogP contribution in [0.3, 0.4) is 0 Å². The van der Waals surface area contributed by atoms with Gasteiger partial charge in [0.2, 0.25) is 0 Å². The van der Waals surface area contributed by atoms with Crippen molar-refractivity contribution >= 4 is 0 Å².